The first-order valence-electron chi connectivity index (χ1n) is 10.8. The van der Waals surface area contributed by atoms with E-state index in [9.17, 15) is 13.2 Å². The van der Waals surface area contributed by atoms with Gasteiger partial charge < -0.3 is 10.1 Å². The van der Waals surface area contributed by atoms with Gasteiger partial charge >= 0.3 is 0 Å². The smallest absolute Gasteiger partial charge is 0.261 e. The number of nitrogens with one attached hydrogen (secondary N) is 2. The summed E-state index contributed by atoms with van der Waals surface area (Å²) in [6.07, 6.45) is 0.761. The Morgan fingerprint density at radius 3 is 2.24 bits per heavy atom. The second-order valence-corrected chi connectivity index (χ2v) is 10.1. The number of rotatable bonds is 9. The number of aryl methyl sites for hydroxylation is 1. The van der Waals surface area contributed by atoms with E-state index in [1.54, 1.807) is 50.4 Å². The Balaban J connectivity index is 1.83. The Bertz CT molecular complexity index is 1190. The maximum Gasteiger partial charge on any atom is 0.261 e. The minimum Gasteiger partial charge on any atom is -0.497 e. The highest BCUT2D eigenvalue weighted by Crippen LogP contribution is 2.25. The maximum atomic E-state index is 13.1. The number of methoxy groups -OCH3 is 1. The van der Waals surface area contributed by atoms with Crippen LogP contribution in [0.1, 0.15) is 47.8 Å². The molecule has 0 aliphatic rings. The molecule has 2 N–H and O–H groups in total. The Morgan fingerprint density at radius 2 is 1.64 bits per heavy atom. The van der Waals surface area contributed by atoms with E-state index in [0.717, 1.165) is 23.3 Å². The topological polar surface area (TPSA) is 84.5 Å². The van der Waals surface area contributed by atoms with Crippen LogP contribution in [0.3, 0.4) is 0 Å². The lowest BCUT2D eigenvalue weighted by Crippen LogP contribution is -2.29. The lowest BCUT2D eigenvalue weighted by Gasteiger charge is -2.22. The average Bonchev–Trinajstić information content (AvgIpc) is 2.80. The van der Waals surface area contributed by atoms with Crippen LogP contribution in [-0.4, -0.2) is 21.4 Å². The van der Waals surface area contributed by atoms with Crippen LogP contribution >= 0.6 is 0 Å². The molecule has 0 heterocycles. The molecule has 33 heavy (non-hydrogen) atoms. The van der Waals surface area contributed by atoms with Gasteiger partial charge in [-0.25, -0.2) is 8.42 Å². The van der Waals surface area contributed by atoms with Crippen molar-refractivity contribution < 1.29 is 17.9 Å². The molecule has 0 saturated heterocycles. The molecular formula is C26H30N2O4S. The van der Waals surface area contributed by atoms with Gasteiger partial charge in [0, 0.05) is 5.56 Å². The monoisotopic (exact) mass is 466 g/mol. The van der Waals surface area contributed by atoms with Crippen molar-refractivity contribution in [3.63, 3.8) is 0 Å². The number of amides is 1. The second-order valence-electron chi connectivity index (χ2n) is 8.38. The number of carbonyl (C=O) groups excluding carboxylic acids is 1. The number of ether oxygens (including phenoxy) is 1. The molecule has 0 bridgehead atoms. The van der Waals surface area contributed by atoms with E-state index >= 15 is 0 Å². The fraction of sp³-hybridized carbons (Fsp3) is 0.269. The van der Waals surface area contributed by atoms with Crippen molar-refractivity contribution in [2.75, 3.05) is 11.8 Å². The maximum absolute atomic E-state index is 13.1. The molecule has 0 spiro atoms. The molecule has 0 fully saturated rings. The van der Waals surface area contributed by atoms with E-state index in [4.69, 9.17) is 4.74 Å². The number of hydrogen-bond donors (Lipinski definition) is 2. The van der Waals surface area contributed by atoms with Gasteiger partial charge in [-0.1, -0.05) is 50.2 Å². The molecule has 174 valence electrons. The summed E-state index contributed by atoms with van der Waals surface area (Å²) in [5, 5.41) is 3.10. The summed E-state index contributed by atoms with van der Waals surface area (Å²) in [6.45, 7) is 6.00. The average molecular weight is 467 g/mol. The number of carbonyl (C=O) groups is 1. The quantitative estimate of drug-likeness (QED) is 0.447. The lowest BCUT2D eigenvalue weighted by molar-refractivity contribution is 0.0932. The highest BCUT2D eigenvalue weighted by molar-refractivity contribution is 7.92. The molecule has 0 aromatic heterocycles. The third-order valence-corrected chi connectivity index (χ3v) is 6.71. The second kappa shape index (κ2) is 10.5. The normalized spacial score (nSPS) is 12.3. The zero-order valence-corrected chi connectivity index (χ0v) is 20.1. The predicted molar refractivity (Wildman–Crippen MR) is 131 cm³/mol. The Hall–Kier alpha value is -3.32. The summed E-state index contributed by atoms with van der Waals surface area (Å²) in [7, 11) is -2.15. The minimum absolute atomic E-state index is 0.163. The molecule has 7 heteroatoms. The molecular weight excluding hydrogens is 436 g/mol. The van der Waals surface area contributed by atoms with E-state index < -0.39 is 10.0 Å². The highest BCUT2D eigenvalue weighted by atomic mass is 32.2. The highest BCUT2D eigenvalue weighted by Gasteiger charge is 2.20. The fourth-order valence-corrected chi connectivity index (χ4v) is 4.65. The molecule has 3 aromatic rings. The molecule has 0 aliphatic heterocycles. The van der Waals surface area contributed by atoms with E-state index in [1.807, 2.05) is 24.3 Å². The summed E-state index contributed by atoms with van der Waals surface area (Å²) in [4.78, 5) is 13.3. The van der Waals surface area contributed by atoms with Crippen LogP contribution in [0.15, 0.2) is 77.7 Å². The van der Waals surface area contributed by atoms with E-state index in [2.05, 4.69) is 23.9 Å². The predicted octanol–water partition coefficient (Wildman–Crippen LogP) is 5.32. The standard InChI is InChI=1S/C26H30N2O4S/c1-18(2)16-25(20-12-14-22(32-4)15-13-20)27-26(29)21-11-10-19(3)24(17-21)28-33(30,31)23-8-6-5-7-9-23/h5-15,17-18,25,28H,16H2,1-4H3,(H,27,29)/t25-/m0/s1. The van der Waals surface area contributed by atoms with Gasteiger partial charge in [0.1, 0.15) is 5.75 Å². The van der Waals surface area contributed by atoms with Crippen molar-refractivity contribution >= 4 is 21.6 Å². The zero-order valence-electron chi connectivity index (χ0n) is 19.3. The Labute approximate surface area is 196 Å². The van der Waals surface area contributed by atoms with Crippen molar-refractivity contribution in [2.24, 2.45) is 5.92 Å². The van der Waals surface area contributed by atoms with Crippen molar-refractivity contribution in [3.8, 4) is 5.75 Å². The third kappa shape index (κ3) is 6.35. The number of sulfonamides is 1. The number of anilines is 1. The van der Waals surface area contributed by atoms with E-state index in [-0.39, 0.29) is 16.8 Å². The van der Waals surface area contributed by atoms with Crippen LogP contribution in [0, 0.1) is 12.8 Å². The summed E-state index contributed by atoms with van der Waals surface area (Å²) >= 11 is 0. The van der Waals surface area contributed by atoms with Gasteiger partial charge in [-0.3, -0.25) is 9.52 Å². The van der Waals surface area contributed by atoms with Crippen LogP contribution in [0.4, 0.5) is 5.69 Å². The lowest BCUT2D eigenvalue weighted by atomic mass is 9.96. The van der Waals surface area contributed by atoms with E-state index in [0.29, 0.717) is 17.2 Å². The van der Waals surface area contributed by atoms with Gasteiger partial charge in [-0.05, 0) is 66.8 Å². The molecule has 3 aromatic carbocycles. The summed E-state index contributed by atoms with van der Waals surface area (Å²) in [6, 6.07) is 20.6. The molecule has 0 aliphatic carbocycles. The Kier molecular flexibility index (Phi) is 7.76. The van der Waals surface area contributed by atoms with Gasteiger partial charge in [0.15, 0.2) is 0 Å². The van der Waals surface area contributed by atoms with Gasteiger partial charge in [0.05, 0.1) is 23.7 Å². The van der Waals surface area contributed by atoms with Crippen LogP contribution < -0.4 is 14.8 Å². The fourth-order valence-electron chi connectivity index (χ4n) is 3.50. The van der Waals surface area contributed by atoms with Gasteiger partial charge in [-0.2, -0.15) is 0 Å². The summed E-state index contributed by atoms with van der Waals surface area (Å²) < 4.78 is 33.3. The Morgan fingerprint density at radius 1 is 0.970 bits per heavy atom. The molecule has 3 rings (SSSR count). The van der Waals surface area contributed by atoms with Crippen molar-refractivity contribution in [3.05, 3.63) is 89.5 Å². The number of benzene rings is 3. The van der Waals surface area contributed by atoms with Crippen LogP contribution in [0.5, 0.6) is 5.75 Å². The molecule has 1 atom stereocenters. The van der Waals surface area contributed by atoms with E-state index in [1.165, 1.54) is 12.1 Å². The molecule has 0 saturated carbocycles. The molecule has 1 amide bonds. The van der Waals surface area contributed by atoms with Gasteiger partial charge in [0.25, 0.3) is 15.9 Å². The van der Waals surface area contributed by atoms with Gasteiger partial charge in [0.2, 0.25) is 0 Å². The number of hydrogen-bond acceptors (Lipinski definition) is 4. The molecule has 6 nitrogen and oxygen atoms in total. The third-order valence-electron chi connectivity index (χ3n) is 5.33. The van der Waals surface area contributed by atoms with Gasteiger partial charge in [-0.15, -0.1) is 0 Å². The van der Waals surface area contributed by atoms with Crippen LogP contribution in [-0.2, 0) is 10.0 Å². The summed E-state index contributed by atoms with van der Waals surface area (Å²) in [5.41, 5.74) is 2.46. The van der Waals surface area contributed by atoms with Crippen molar-refractivity contribution in [1.29, 1.82) is 0 Å². The SMILES string of the molecule is COc1ccc([C@H](CC(C)C)NC(=O)c2ccc(C)c(NS(=O)(=O)c3ccccc3)c2)cc1. The molecule has 0 unspecified atom stereocenters. The summed E-state index contributed by atoms with van der Waals surface area (Å²) in [5.74, 6) is 0.850. The first-order chi connectivity index (χ1) is 15.7. The zero-order chi connectivity index (χ0) is 24.0. The molecule has 0 radical (unpaired) electrons. The van der Waals surface area contributed by atoms with Crippen molar-refractivity contribution in [1.82, 2.24) is 5.32 Å². The first-order valence-corrected chi connectivity index (χ1v) is 12.3. The van der Waals surface area contributed by atoms with Crippen LogP contribution in [0.25, 0.3) is 0 Å². The first kappa shape index (κ1) is 24.3. The van der Waals surface area contributed by atoms with Crippen LogP contribution in [0.2, 0.25) is 0 Å². The minimum atomic E-state index is -3.76. The van der Waals surface area contributed by atoms with Crippen molar-refractivity contribution in [2.45, 2.75) is 38.1 Å². The largest absolute Gasteiger partial charge is 0.497 e.